The lowest BCUT2D eigenvalue weighted by Crippen LogP contribution is -1.90. The van der Waals surface area contributed by atoms with Crippen molar-refractivity contribution in [3.05, 3.63) is 170 Å². The molecule has 0 unspecified atom stereocenters. The zero-order chi connectivity index (χ0) is 39.3. The summed E-state index contributed by atoms with van der Waals surface area (Å²) < 4.78 is 101. The van der Waals surface area contributed by atoms with Crippen molar-refractivity contribution in [1.29, 1.82) is 0 Å². The van der Waals surface area contributed by atoms with E-state index in [1.807, 2.05) is 54.6 Å². The highest BCUT2D eigenvalue weighted by molar-refractivity contribution is 6.21. The number of benzene rings is 8. The highest BCUT2D eigenvalue weighted by Crippen LogP contribution is 2.44. The van der Waals surface area contributed by atoms with Gasteiger partial charge in [-0.2, -0.15) is 0 Å². The predicted molar refractivity (Wildman–Crippen MR) is 190 cm³/mol. The molecule has 1 heterocycles. The van der Waals surface area contributed by atoms with E-state index in [0.717, 1.165) is 43.8 Å². The Balaban J connectivity index is 1.27. The molecular formula is C44H28O. The van der Waals surface area contributed by atoms with Crippen molar-refractivity contribution in [3.63, 3.8) is 0 Å². The summed E-state index contributed by atoms with van der Waals surface area (Å²) in [5, 5.41) is 4.13. The fourth-order valence-electron chi connectivity index (χ4n) is 6.28. The normalized spacial score (nSPS) is 15.0. The molecule has 0 spiro atoms. The number of fused-ring (bicyclic) bond motifs is 5. The molecule has 0 amide bonds. The van der Waals surface area contributed by atoms with E-state index in [9.17, 15) is 1.37 Å². The molecule has 45 heavy (non-hydrogen) atoms. The first-order chi connectivity index (χ1) is 26.9. The van der Waals surface area contributed by atoms with Crippen molar-refractivity contribution in [2.75, 3.05) is 0 Å². The van der Waals surface area contributed by atoms with Gasteiger partial charge in [-0.25, -0.2) is 0 Å². The van der Waals surface area contributed by atoms with Gasteiger partial charge in [0.05, 0.1) is 15.1 Å². The highest BCUT2D eigenvalue weighted by Gasteiger charge is 2.17. The maximum atomic E-state index is 9.42. The van der Waals surface area contributed by atoms with Crippen LogP contribution in [0.4, 0.5) is 0 Å². The van der Waals surface area contributed by atoms with Gasteiger partial charge in [0, 0.05) is 16.3 Å². The van der Waals surface area contributed by atoms with Crippen LogP contribution in [0.1, 0.15) is 15.1 Å². The SMILES string of the molecule is [2H]c1c([2H])c([2H])c(-c2c([2H])c([2H])c([2H])c3c2oc2c([2H])c([2H])c(-c4ccc(-c5c6ccccc6c(-c6ccccc6)c6ccccc56)cc4)c([2H])c23)c([2H])c1[2H]. The van der Waals surface area contributed by atoms with Gasteiger partial charge in [-0.05, 0) is 72.6 Å². The molecule has 9 aromatic rings. The summed E-state index contributed by atoms with van der Waals surface area (Å²) in [6, 6.07) is 28.4. The van der Waals surface area contributed by atoms with Gasteiger partial charge in [0.25, 0.3) is 0 Å². The third-order valence-corrected chi connectivity index (χ3v) is 8.27. The van der Waals surface area contributed by atoms with E-state index in [1.165, 1.54) is 0 Å². The molecule has 1 heteroatoms. The molecular weight excluding hydrogens is 544 g/mol. The molecule has 0 bridgehead atoms. The van der Waals surface area contributed by atoms with E-state index in [0.29, 0.717) is 5.56 Å². The van der Waals surface area contributed by atoms with Gasteiger partial charge < -0.3 is 4.42 Å². The first kappa shape index (κ1) is 16.8. The van der Waals surface area contributed by atoms with Gasteiger partial charge in [-0.3, -0.25) is 0 Å². The fraction of sp³-hybridized carbons (Fsp3) is 0. The van der Waals surface area contributed by atoms with E-state index >= 15 is 0 Å². The number of hydrogen-bond donors (Lipinski definition) is 0. The minimum Gasteiger partial charge on any atom is -0.455 e. The average Bonchev–Trinajstić information content (AvgIpc) is 3.62. The van der Waals surface area contributed by atoms with Crippen LogP contribution >= 0.6 is 0 Å². The fourth-order valence-corrected chi connectivity index (χ4v) is 6.28. The molecule has 0 saturated carbocycles. The second-order valence-electron chi connectivity index (χ2n) is 10.8. The molecule has 0 fully saturated rings. The summed E-state index contributed by atoms with van der Waals surface area (Å²) in [5.41, 5.74) is 3.50. The lowest BCUT2D eigenvalue weighted by atomic mass is 9.86. The lowest BCUT2D eigenvalue weighted by molar-refractivity contribution is 0.670. The van der Waals surface area contributed by atoms with E-state index < -0.39 is 59.9 Å². The first-order valence-electron chi connectivity index (χ1n) is 20.0. The number of para-hydroxylation sites is 1. The highest BCUT2D eigenvalue weighted by atomic mass is 16.3. The topological polar surface area (TPSA) is 13.1 Å². The standard InChI is InChI=1S/C44H28O/c1-3-12-30(13-4-1)34-20-11-21-39-40-28-33(26-27-41(40)45-44(34)39)29-22-24-32(25-23-29)43-37-18-9-7-16-35(37)42(31-14-5-2-6-15-31)36-17-8-10-19-38(36)43/h1-28H/i1D,3D,4D,11D,12D,13D,20D,21D,26D,27D,28D. The van der Waals surface area contributed by atoms with Gasteiger partial charge in [0.2, 0.25) is 0 Å². The Morgan fingerprint density at radius 1 is 0.378 bits per heavy atom. The smallest absolute Gasteiger partial charge is 0.143 e. The van der Waals surface area contributed by atoms with Gasteiger partial charge >= 0.3 is 0 Å². The van der Waals surface area contributed by atoms with Crippen LogP contribution in [0.5, 0.6) is 0 Å². The molecule has 9 rings (SSSR count). The van der Waals surface area contributed by atoms with Crippen molar-refractivity contribution in [2.24, 2.45) is 0 Å². The van der Waals surface area contributed by atoms with Crippen molar-refractivity contribution in [2.45, 2.75) is 0 Å². The Kier molecular flexibility index (Phi) is 3.87. The molecule has 8 aromatic carbocycles. The zero-order valence-corrected chi connectivity index (χ0v) is 23.7. The summed E-state index contributed by atoms with van der Waals surface area (Å²) in [5.74, 6) is 0. The van der Waals surface area contributed by atoms with E-state index in [4.69, 9.17) is 18.1 Å². The number of rotatable bonds is 4. The second kappa shape index (κ2) is 10.4. The van der Waals surface area contributed by atoms with Crippen LogP contribution in [0.3, 0.4) is 0 Å². The molecule has 0 N–H and O–H groups in total. The van der Waals surface area contributed by atoms with Crippen molar-refractivity contribution >= 4 is 43.5 Å². The van der Waals surface area contributed by atoms with E-state index in [-0.39, 0.29) is 45.2 Å². The Bertz CT molecular complexity index is 3050. The number of hydrogen-bond acceptors (Lipinski definition) is 1. The molecule has 0 aliphatic carbocycles. The van der Waals surface area contributed by atoms with Gasteiger partial charge in [-0.1, -0.05) is 158 Å². The Labute approximate surface area is 277 Å². The van der Waals surface area contributed by atoms with Crippen LogP contribution in [0, 0.1) is 0 Å². The molecule has 210 valence electrons. The van der Waals surface area contributed by atoms with Crippen LogP contribution in [-0.2, 0) is 0 Å². The molecule has 0 aliphatic heterocycles. The van der Waals surface area contributed by atoms with Crippen LogP contribution < -0.4 is 0 Å². The lowest BCUT2D eigenvalue weighted by Gasteiger charge is -2.18. The second-order valence-corrected chi connectivity index (χ2v) is 10.8. The molecule has 1 aromatic heterocycles. The summed E-state index contributed by atoms with van der Waals surface area (Å²) in [4.78, 5) is 0. The average molecular weight is 584 g/mol. The quantitative estimate of drug-likeness (QED) is 0.188. The number of furan rings is 1. The minimum absolute atomic E-state index is 0.0410. The molecule has 0 saturated heterocycles. The monoisotopic (exact) mass is 583 g/mol. The Morgan fingerprint density at radius 2 is 0.956 bits per heavy atom. The van der Waals surface area contributed by atoms with Crippen LogP contribution in [0.2, 0.25) is 0 Å². The van der Waals surface area contributed by atoms with Gasteiger partial charge in [-0.15, -0.1) is 0 Å². The van der Waals surface area contributed by atoms with Gasteiger partial charge in [0.1, 0.15) is 11.2 Å². The molecule has 0 atom stereocenters. The summed E-state index contributed by atoms with van der Waals surface area (Å²) in [6.07, 6.45) is 0. The van der Waals surface area contributed by atoms with E-state index in [2.05, 4.69) is 36.4 Å². The van der Waals surface area contributed by atoms with E-state index in [1.54, 1.807) is 12.1 Å². The molecule has 0 radical (unpaired) electrons. The maximum Gasteiger partial charge on any atom is 0.143 e. The van der Waals surface area contributed by atoms with Crippen LogP contribution in [0.15, 0.2) is 174 Å². The summed E-state index contributed by atoms with van der Waals surface area (Å²) in [7, 11) is 0. The Hall–Kier alpha value is -5.92. The summed E-state index contributed by atoms with van der Waals surface area (Å²) >= 11 is 0. The van der Waals surface area contributed by atoms with Crippen molar-refractivity contribution in [1.82, 2.24) is 0 Å². The van der Waals surface area contributed by atoms with Crippen molar-refractivity contribution < 1.29 is 19.5 Å². The Morgan fingerprint density at radius 3 is 1.60 bits per heavy atom. The third kappa shape index (κ3) is 4.17. The zero-order valence-electron chi connectivity index (χ0n) is 34.7. The third-order valence-electron chi connectivity index (χ3n) is 8.27. The van der Waals surface area contributed by atoms with Crippen LogP contribution in [-0.4, -0.2) is 0 Å². The largest absolute Gasteiger partial charge is 0.455 e. The molecule has 0 aliphatic rings. The van der Waals surface area contributed by atoms with Crippen molar-refractivity contribution in [3.8, 4) is 44.5 Å². The van der Waals surface area contributed by atoms with Crippen LogP contribution in [0.25, 0.3) is 88.0 Å². The maximum absolute atomic E-state index is 9.42. The summed E-state index contributed by atoms with van der Waals surface area (Å²) in [6.45, 7) is 0. The molecule has 1 nitrogen and oxygen atoms in total. The van der Waals surface area contributed by atoms with Gasteiger partial charge in [0.15, 0.2) is 0 Å². The predicted octanol–water partition coefficient (Wildman–Crippen LogP) is 12.6. The minimum atomic E-state index is -0.652. The first-order valence-corrected chi connectivity index (χ1v) is 14.5.